The molecule has 4 heteroatoms. The quantitative estimate of drug-likeness (QED) is 0.880. The van der Waals surface area contributed by atoms with Gasteiger partial charge in [0.25, 0.3) is 0 Å². The summed E-state index contributed by atoms with van der Waals surface area (Å²) in [5.74, 6) is 0.998. The van der Waals surface area contributed by atoms with Crippen LogP contribution in [0.1, 0.15) is 12.5 Å². The molecule has 0 fully saturated rings. The van der Waals surface area contributed by atoms with E-state index < -0.39 is 0 Å². The highest BCUT2D eigenvalue weighted by Crippen LogP contribution is 2.22. The molecule has 0 aliphatic heterocycles. The monoisotopic (exact) mass is 233 g/mol. The topological polar surface area (TPSA) is 53.1 Å². The lowest BCUT2D eigenvalue weighted by molar-refractivity contribution is 0.152. The molecule has 0 radical (unpaired) electrons. The Hall–Kier alpha value is -1.55. The van der Waals surface area contributed by atoms with Crippen molar-refractivity contribution in [1.82, 2.24) is 9.55 Å². The predicted molar refractivity (Wildman–Crippen MR) is 69.9 cm³/mol. The van der Waals surface area contributed by atoms with Gasteiger partial charge in [0.05, 0.1) is 17.6 Å². The minimum absolute atomic E-state index is 0.417. The fourth-order valence-electron chi connectivity index (χ4n) is 2.15. The fraction of sp³-hybridized carbons (Fsp3) is 0.462. The lowest BCUT2D eigenvalue weighted by Gasteiger charge is -2.13. The number of nitrogens with zero attached hydrogens (tertiary/aromatic N) is 2. The molecule has 92 valence electrons. The highest BCUT2D eigenvalue weighted by molar-refractivity contribution is 5.81. The molecule has 1 aromatic carbocycles. The van der Waals surface area contributed by atoms with Crippen LogP contribution in [-0.4, -0.2) is 23.3 Å². The summed E-state index contributed by atoms with van der Waals surface area (Å²) in [5, 5.41) is 0. The molecule has 2 N–H and O–H groups in total. The molecule has 0 spiro atoms. The van der Waals surface area contributed by atoms with E-state index in [9.17, 15) is 0 Å². The van der Waals surface area contributed by atoms with E-state index in [1.165, 1.54) is 0 Å². The molecule has 17 heavy (non-hydrogen) atoms. The van der Waals surface area contributed by atoms with Gasteiger partial charge in [-0.1, -0.05) is 19.1 Å². The zero-order valence-corrected chi connectivity index (χ0v) is 10.6. The van der Waals surface area contributed by atoms with Gasteiger partial charge in [-0.2, -0.15) is 0 Å². The summed E-state index contributed by atoms with van der Waals surface area (Å²) in [6.07, 6.45) is 0. The number of benzene rings is 1. The molecule has 4 nitrogen and oxygen atoms in total. The van der Waals surface area contributed by atoms with Gasteiger partial charge in [0.1, 0.15) is 0 Å². The third kappa shape index (κ3) is 2.26. The maximum absolute atomic E-state index is 5.98. The van der Waals surface area contributed by atoms with E-state index in [4.69, 9.17) is 10.5 Å². The smallest absolute Gasteiger partial charge is 0.201 e. The standard InChI is InChI=1S/C13H19N3O/c1-9(8-17-3)7-16-11-6-4-5-10(2)12(11)15-13(16)14/h4-6,9H,7-8H2,1-3H3,(H2,14,15). The SMILES string of the molecule is COCC(C)Cn1c(N)nc2c(C)cccc21. The van der Waals surface area contributed by atoms with Crippen molar-refractivity contribution in [3.63, 3.8) is 0 Å². The number of imidazole rings is 1. The molecule has 1 atom stereocenters. The summed E-state index contributed by atoms with van der Waals surface area (Å²) in [6.45, 7) is 5.76. The number of methoxy groups -OCH3 is 1. The van der Waals surface area contributed by atoms with Crippen LogP contribution in [0.25, 0.3) is 11.0 Å². The first-order chi connectivity index (χ1) is 8.13. The third-order valence-corrected chi connectivity index (χ3v) is 2.96. The molecule has 0 saturated heterocycles. The van der Waals surface area contributed by atoms with E-state index in [-0.39, 0.29) is 0 Å². The van der Waals surface area contributed by atoms with Gasteiger partial charge in [-0.15, -0.1) is 0 Å². The molecule has 1 aromatic heterocycles. The number of rotatable bonds is 4. The van der Waals surface area contributed by atoms with E-state index in [0.29, 0.717) is 11.9 Å². The number of ether oxygens (including phenoxy) is 1. The Morgan fingerprint density at radius 2 is 2.24 bits per heavy atom. The van der Waals surface area contributed by atoms with Crippen molar-refractivity contribution in [2.24, 2.45) is 5.92 Å². The van der Waals surface area contributed by atoms with Gasteiger partial charge in [-0.25, -0.2) is 4.98 Å². The van der Waals surface area contributed by atoms with Gasteiger partial charge in [-0.3, -0.25) is 0 Å². The van der Waals surface area contributed by atoms with E-state index in [2.05, 4.69) is 35.5 Å². The predicted octanol–water partition coefficient (Wildman–Crippen LogP) is 2.21. The lowest BCUT2D eigenvalue weighted by Crippen LogP contribution is -2.14. The summed E-state index contributed by atoms with van der Waals surface area (Å²) in [5.41, 5.74) is 9.23. The van der Waals surface area contributed by atoms with E-state index in [0.717, 1.165) is 29.7 Å². The van der Waals surface area contributed by atoms with Crippen LogP contribution < -0.4 is 5.73 Å². The van der Waals surface area contributed by atoms with Crippen molar-refractivity contribution in [3.8, 4) is 0 Å². The minimum Gasteiger partial charge on any atom is -0.384 e. The molecule has 0 aliphatic carbocycles. The maximum Gasteiger partial charge on any atom is 0.201 e. The molecule has 1 unspecified atom stereocenters. The van der Waals surface area contributed by atoms with Gasteiger partial charge in [0, 0.05) is 13.7 Å². The van der Waals surface area contributed by atoms with Crippen molar-refractivity contribution in [2.45, 2.75) is 20.4 Å². The molecular formula is C13H19N3O. The average Bonchev–Trinajstić information content (AvgIpc) is 2.58. The first kappa shape index (κ1) is 11.9. The molecule has 0 bridgehead atoms. The number of aromatic nitrogens is 2. The van der Waals surface area contributed by atoms with Crippen LogP contribution in [0.4, 0.5) is 5.95 Å². The average molecular weight is 233 g/mol. The van der Waals surface area contributed by atoms with Crippen molar-refractivity contribution >= 4 is 17.0 Å². The zero-order chi connectivity index (χ0) is 12.4. The van der Waals surface area contributed by atoms with Crippen molar-refractivity contribution in [1.29, 1.82) is 0 Å². The highest BCUT2D eigenvalue weighted by Gasteiger charge is 2.12. The largest absolute Gasteiger partial charge is 0.384 e. The van der Waals surface area contributed by atoms with Gasteiger partial charge in [0.2, 0.25) is 5.95 Å². The Balaban J connectivity index is 2.40. The number of nitrogen functional groups attached to an aromatic ring is 1. The van der Waals surface area contributed by atoms with Gasteiger partial charge < -0.3 is 15.0 Å². The van der Waals surface area contributed by atoms with Crippen molar-refractivity contribution in [2.75, 3.05) is 19.5 Å². The maximum atomic E-state index is 5.98. The van der Waals surface area contributed by atoms with Gasteiger partial charge in [-0.05, 0) is 24.5 Å². The second kappa shape index (κ2) is 4.75. The van der Waals surface area contributed by atoms with Crippen LogP contribution in [0, 0.1) is 12.8 Å². The molecule has 2 aromatic rings. The Morgan fingerprint density at radius 3 is 2.94 bits per heavy atom. The number of anilines is 1. The second-order valence-electron chi connectivity index (χ2n) is 4.58. The van der Waals surface area contributed by atoms with E-state index >= 15 is 0 Å². The summed E-state index contributed by atoms with van der Waals surface area (Å²) in [7, 11) is 1.72. The molecular weight excluding hydrogens is 214 g/mol. The van der Waals surface area contributed by atoms with Crippen LogP contribution in [0.3, 0.4) is 0 Å². The Bertz CT molecular complexity index is 519. The number of hydrogen-bond acceptors (Lipinski definition) is 3. The third-order valence-electron chi connectivity index (χ3n) is 2.96. The molecule has 1 heterocycles. The van der Waals surface area contributed by atoms with Crippen LogP contribution in [0.2, 0.25) is 0 Å². The van der Waals surface area contributed by atoms with Crippen molar-refractivity contribution < 1.29 is 4.74 Å². The van der Waals surface area contributed by atoms with Crippen LogP contribution in [0.15, 0.2) is 18.2 Å². The van der Waals surface area contributed by atoms with E-state index in [1.54, 1.807) is 7.11 Å². The Labute approximate surface area is 101 Å². The van der Waals surface area contributed by atoms with Crippen LogP contribution in [0.5, 0.6) is 0 Å². The number of para-hydroxylation sites is 1. The molecule has 2 rings (SSSR count). The summed E-state index contributed by atoms with van der Waals surface area (Å²) < 4.78 is 7.22. The fourth-order valence-corrected chi connectivity index (χ4v) is 2.15. The normalized spacial score (nSPS) is 13.1. The summed E-state index contributed by atoms with van der Waals surface area (Å²) in [6, 6.07) is 6.15. The molecule has 0 aliphatic rings. The number of fused-ring (bicyclic) bond motifs is 1. The van der Waals surface area contributed by atoms with Gasteiger partial charge >= 0.3 is 0 Å². The zero-order valence-electron chi connectivity index (χ0n) is 10.6. The summed E-state index contributed by atoms with van der Waals surface area (Å²) in [4.78, 5) is 4.43. The van der Waals surface area contributed by atoms with Crippen LogP contribution >= 0.6 is 0 Å². The minimum atomic E-state index is 0.417. The number of nitrogens with two attached hydrogens (primary N) is 1. The Kier molecular flexibility index (Phi) is 3.33. The number of hydrogen-bond donors (Lipinski definition) is 1. The molecule has 0 saturated carbocycles. The van der Waals surface area contributed by atoms with Crippen molar-refractivity contribution in [3.05, 3.63) is 23.8 Å². The first-order valence-electron chi connectivity index (χ1n) is 5.83. The van der Waals surface area contributed by atoms with E-state index in [1.807, 2.05) is 6.07 Å². The van der Waals surface area contributed by atoms with Gasteiger partial charge in [0.15, 0.2) is 0 Å². The highest BCUT2D eigenvalue weighted by atomic mass is 16.5. The second-order valence-corrected chi connectivity index (χ2v) is 4.58. The Morgan fingerprint density at radius 1 is 1.47 bits per heavy atom. The number of aryl methyl sites for hydroxylation is 1. The lowest BCUT2D eigenvalue weighted by atomic mass is 10.2. The molecule has 0 amide bonds. The summed E-state index contributed by atoms with van der Waals surface area (Å²) >= 11 is 0. The first-order valence-corrected chi connectivity index (χ1v) is 5.83. The van der Waals surface area contributed by atoms with Crippen LogP contribution in [-0.2, 0) is 11.3 Å².